The number of phenolic OH excluding ortho intramolecular Hbond substituents is 1. The van der Waals surface area contributed by atoms with E-state index in [1.54, 1.807) is 31.2 Å². The lowest BCUT2D eigenvalue weighted by atomic mass is 9.51. The maximum atomic E-state index is 14.6. The second-order valence-corrected chi connectivity index (χ2v) is 13.7. The molecule has 2 saturated heterocycles. The van der Waals surface area contributed by atoms with E-state index in [0.29, 0.717) is 11.3 Å². The number of hydrogen-bond acceptors (Lipinski definition) is 6. The van der Waals surface area contributed by atoms with Crippen LogP contribution in [0.3, 0.4) is 0 Å². The van der Waals surface area contributed by atoms with Crippen molar-refractivity contribution in [2.75, 3.05) is 16.9 Å². The van der Waals surface area contributed by atoms with E-state index in [1.165, 1.54) is 24.1 Å². The standard InChI is InChI=1S/C36H31Cl2FN2O6/c1-4-17-5-7-19(8-6-17)40-32(43)22-11-10-21-23(29(22)34(40)45)16-24-33(44)41(20-9-12-27(39)25(37)15-20)35(46)36(24,2)30(21)18-13-26(38)31(42)28(14-18)47-3/h5-10,12-15,22-24,29-30,42H,4,11,16H2,1-3H3. The summed E-state index contributed by atoms with van der Waals surface area (Å²) in [6.45, 7) is 3.74. The van der Waals surface area contributed by atoms with Crippen molar-refractivity contribution in [3.05, 3.63) is 93.2 Å². The summed E-state index contributed by atoms with van der Waals surface area (Å²) in [6.07, 6.45) is 3.14. The van der Waals surface area contributed by atoms with Crippen molar-refractivity contribution < 1.29 is 33.4 Å². The molecule has 2 aliphatic heterocycles. The Kier molecular flexibility index (Phi) is 7.48. The number of amides is 4. The number of rotatable bonds is 5. The van der Waals surface area contributed by atoms with Crippen molar-refractivity contribution in [1.29, 1.82) is 0 Å². The number of aryl methyl sites for hydroxylation is 1. The summed E-state index contributed by atoms with van der Waals surface area (Å²) in [6, 6.07) is 14.1. The predicted molar refractivity (Wildman–Crippen MR) is 174 cm³/mol. The Labute approximate surface area is 280 Å². The average molecular weight is 678 g/mol. The van der Waals surface area contributed by atoms with Crippen molar-refractivity contribution in [3.8, 4) is 11.5 Å². The minimum Gasteiger partial charge on any atom is -0.503 e. The van der Waals surface area contributed by atoms with E-state index in [9.17, 15) is 28.7 Å². The number of allylic oxidation sites excluding steroid dienone is 2. The summed E-state index contributed by atoms with van der Waals surface area (Å²) < 4.78 is 19.5. The first-order valence-electron chi connectivity index (χ1n) is 15.5. The molecule has 1 saturated carbocycles. The molecule has 0 spiro atoms. The van der Waals surface area contributed by atoms with E-state index < -0.39 is 52.6 Å². The van der Waals surface area contributed by atoms with E-state index >= 15 is 0 Å². The smallest absolute Gasteiger partial charge is 0.241 e. The summed E-state index contributed by atoms with van der Waals surface area (Å²) in [5.74, 6) is -6.19. The first kappa shape index (κ1) is 31.4. The lowest BCUT2D eigenvalue weighted by Crippen LogP contribution is -2.48. The molecule has 0 aromatic heterocycles. The second kappa shape index (κ2) is 11.2. The second-order valence-electron chi connectivity index (χ2n) is 12.8. The average Bonchev–Trinajstić information content (AvgIpc) is 3.43. The normalized spacial score (nSPS) is 28.3. The zero-order chi connectivity index (χ0) is 33.5. The van der Waals surface area contributed by atoms with Gasteiger partial charge in [-0.1, -0.05) is 53.9 Å². The quantitative estimate of drug-likeness (QED) is 0.234. The largest absolute Gasteiger partial charge is 0.503 e. The maximum Gasteiger partial charge on any atom is 0.241 e. The number of imide groups is 2. The van der Waals surface area contributed by atoms with Crippen LogP contribution >= 0.6 is 23.2 Å². The molecule has 47 heavy (non-hydrogen) atoms. The van der Waals surface area contributed by atoms with Crippen molar-refractivity contribution in [2.45, 2.75) is 39.0 Å². The van der Waals surface area contributed by atoms with Crippen molar-refractivity contribution >= 4 is 58.2 Å². The molecule has 1 N–H and O–H groups in total. The number of carbonyl (C=O) groups excluding carboxylic acids is 4. The fourth-order valence-electron chi connectivity index (χ4n) is 8.32. The van der Waals surface area contributed by atoms with E-state index in [0.717, 1.165) is 28.5 Å². The van der Waals surface area contributed by atoms with Gasteiger partial charge in [-0.05, 0) is 85.7 Å². The number of fused-ring (bicyclic) bond motifs is 4. The highest BCUT2D eigenvalue weighted by molar-refractivity contribution is 6.32. The monoisotopic (exact) mass is 676 g/mol. The number of anilines is 2. The van der Waals surface area contributed by atoms with E-state index in [1.807, 2.05) is 25.1 Å². The van der Waals surface area contributed by atoms with Crippen LogP contribution in [0, 0.1) is 34.9 Å². The fourth-order valence-corrected chi connectivity index (χ4v) is 8.71. The molecule has 4 amide bonds. The Hall–Kier alpha value is -4.21. The molecule has 2 aliphatic carbocycles. The zero-order valence-electron chi connectivity index (χ0n) is 25.8. The molecule has 242 valence electrons. The van der Waals surface area contributed by atoms with Gasteiger partial charge in [0.05, 0.1) is 51.7 Å². The Bertz CT molecular complexity index is 1910. The number of methoxy groups -OCH3 is 1. The summed E-state index contributed by atoms with van der Waals surface area (Å²) >= 11 is 12.6. The van der Waals surface area contributed by atoms with Crippen LogP contribution in [0.1, 0.15) is 43.7 Å². The molecule has 2 heterocycles. The van der Waals surface area contributed by atoms with E-state index in [-0.39, 0.29) is 51.9 Å². The van der Waals surface area contributed by atoms with E-state index in [2.05, 4.69) is 0 Å². The van der Waals surface area contributed by atoms with E-state index in [4.69, 9.17) is 27.9 Å². The van der Waals surface area contributed by atoms with Crippen molar-refractivity contribution in [2.24, 2.45) is 29.1 Å². The molecule has 7 rings (SSSR count). The molecule has 3 aromatic carbocycles. The Morgan fingerprint density at radius 3 is 2.28 bits per heavy atom. The van der Waals surface area contributed by atoms with Crippen LogP contribution in [0.4, 0.5) is 15.8 Å². The van der Waals surface area contributed by atoms with Crippen LogP contribution < -0.4 is 14.5 Å². The van der Waals surface area contributed by atoms with Gasteiger partial charge in [-0.3, -0.25) is 24.1 Å². The Morgan fingerprint density at radius 2 is 1.62 bits per heavy atom. The lowest BCUT2D eigenvalue weighted by Gasteiger charge is -2.49. The Balaban J connectivity index is 1.38. The van der Waals surface area contributed by atoms with Crippen LogP contribution in [-0.2, 0) is 25.6 Å². The molecular formula is C36H31Cl2FN2O6. The number of benzene rings is 3. The van der Waals surface area contributed by atoms with Gasteiger partial charge in [0.25, 0.3) is 0 Å². The molecule has 6 unspecified atom stereocenters. The molecule has 3 aromatic rings. The van der Waals surface area contributed by atoms with Crippen LogP contribution in [-0.4, -0.2) is 35.8 Å². The van der Waals surface area contributed by atoms with Crippen LogP contribution in [0.25, 0.3) is 0 Å². The van der Waals surface area contributed by atoms with Gasteiger partial charge in [-0.15, -0.1) is 0 Å². The highest BCUT2D eigenvalue weighted by Gasteiger charge is 2.67. The van der Waals surface area contributed by atoms with Crippen LogP contribution in [0.15, 0.2) is 66.2 Å². The third kappa shape index (κ3) is 4.46. The summed E-state index contributed by atoms with van der Waals surface area (Å²) in [7, 11) is 1.38. The van der Waals surface area contributed by atoms with Gasteiger partial charge in [-0.2, -0.15) is 0 Å². The van der Waals surface area contributed by atoms with Gasteiger partial charge >= 0.3 is 0 Å². The summed E-state index contributed by atoms with van der Waals surface area (Å²) in [5, 5.41) is 10.3. The van der Waals surface area contributed by atoms with Crippen LogP contribution in [0.2, 0.25) is 10.0 Å². The zero-order valence-corrected chi connectivity index (χ0v) is 27.3. The lowest BCUT2D eigenvalue weighted by molar-refractivity contribution is -0.131. The molecule has 8 nitrogen and oxygen atoms in total. The fraction of sp³-hybridized carbons (Fsp3) is 0.333. The minimum absolute atomic E-state index is 0.0105. The van der Waals surface area contributed by atoms with Gasteiger partial charge < -0.3 is 9.84 Å². The molecule has 0 bridgehead atoms. The maximum absolute atomic E-state index is 14.6. The van der Waals surface area contributed by atoms with Gasteiger partial charge in [0.2, 0.25) is 23.6 Å². The first-order chi connectivity index (χ1) is 22.4. The highest BCUT2D eigenvalue weighted by Crippen LogP contribution is 2.64. The molecule has 3 fully saturated rings. The number of nitrogens with zero attached hydrogens (tertiary/aromatic N) is 2. The van der Waals surface area contributed by atoms with Crippen LogP contribution in [0.5, 0.6) is 11.5 Å². The SMILES string of the molecule is CCc1ccc(N2C(=O)C3CC=C4C(CC5C(=O)N(c6ccc(F)c(Cl)c6)C(=O)C5(C)C4c4cc(Cl)c(O)c(OC)c4)C3C2=O)cc1. The third-order valence-corrected chi connectivity index (χ3v) is 11.2. The number of carbonyl (C=O) groups is 4. The number of aromatic hydroxyl groups is 1. The Morgan fingerprint density at radius 1 is 0.915 bits per heavy atom. The minimum atomic E-state index is -1.38. The van der Waals surface area contributed by atoms with Crippen molar-refractivity contribution in [3.63, 3.8) is 0 Å². The molecular weight excluding hydrogens is 646 g/mol. The van der Waals surface area contributed by atoms with Gasteiger partial charge in [0.1, 0.15) is 5.82 Å². The van der Waals surface area contributed by atoms with Crippen molar-refractivity contribution in [1.82, 2.24) is 0 Å². The third-order valence-electron chi connectivity index (χ3n) is 10.6. The first-order valence-corrected chi connectivity index (χ1v) is 16.2. The number of phenols is 1. The highest BCUT2D eigenvalue weighted by atomic mass is 35.5. The predicted octanol–water partition coefficient (Wildman–Crippen LogP) is 6.84. The number of hydrogen-bond donors (Lipinski definition) is 1. The number of halogens is 3. The van der Waals surface area contributed by atoms with Gasteiger partial charge in [0.15, 0.2) is 11.5 Å². The summed E-state index contributed by atoms with van der Waals surface area (Å²) in [4.78, 5) is 59.3. The molecule has 0 radical (unpaired) electrons. The molecule has 6 atom stereocenters. The summed E-state index contributed by atoms with van der Waals surface area (Å²) in [5.41, 5.74) is 1.58. The topological polar surface area (TPSA) is 104 Å². The van der Waals surface area contributed by atoms with Gasteiger partial charge in [-0.25, -0.2) is 9.29 Å². The van der Waals surface area contributed by atoms with Gasteiger partial charge in [0, 0.05) is 5.92 Å². The molecule has 4 aliphatic rings. The molecule has 11 heteroatoms. The number of ether oxygens (including phenoxy) is 1.